The summed E-state index contributed by atoms with van der Waals surface area (Å²) in [6.07, 6.45) is 5.82. The van der Waals surface area contributed by atoms with Gasteiger partial charge in [-0.3, -0.25) is 0 Å². The summed E-state index contributed by atoms with van der Waals surface area (Å²) in [4.78, 5) is 6.88. The van der Waals surface area contributed by atoms with Crippen LogP contribution in [0.1, 0.15) is 38.3 Å². The minimum Gasteiger partial charge on any atom is -0.355 e. The maximum Gasteiger partial charge on any atom is 0.154 e. The molecule has 0 aliphatic carbocycles. The van der Waals surface area contributed by atoms with Gasteiger partial charge in [0.25, 0.3) is 0 Å². The molecule has 1 saturated heterocycles. The molecule has 0 saturated carbocycles. The van der Waals surface area contributed by atoms with Gasteiger partial charge in [-0.05, 0) is 24.8 Å². The largest absolute Gasteiger partial charge is 0.355 e. The van der Waals surface area contributed by atoms with Crippen LogP contribution < -0.4 is 10.6 Å². The summed E-state index contributed by atoms with van der Waals surface area (Å²) in [5.41, 5.74) is 8.18. The van der Waals surface area contributed by atoms with E-state index in [1.807, 2.05) is 16.9 Å². The van der Waals surface area contributed by atoms with E-state index in [1.54, 1.807) is 0 Å². The third kappa shape index (κ3) is 2.30. The second kappa shape index (κ2) is 4.81. The Kier molecular flexibility index (Phi) is 3.14. The average molecular weight is 259 g/mol. The molecule has 3 rings (SSSR count). The molecule has 0 atom stereocenters. The minimum atomic E-state index is 0.340. The molecule has 2 aromatic rings. The van der Waals surface area contributed by atoms with Crippen LogP contribution in [0.3, 0.4) is 0 Å². The van der Waals surface area contributed by atoms with Crippen LogP contribution in [0.4, 0.5) is 5.82 Å². The smallest absolute Gasteiger partial charge is 0.154 e. The Morgan fingerprint density at radius 2 is 2.05 bits per heavy atom. The third-order valence-corrected chi connectivity index (χ3v) is 3.82. The molecule has 5 nitrogen and oxygen atoms in total. The van der Waals surface area contributed by atoms with Crippen molar-refractivity contribution >= 4 is 11.3 Å². The Morgan fingerprint density at radius 3 is 2.74 bits per heavy atom. The number of nitrogens with two attached hydrogens (primary N) is 1. The van der Waals surface area contributed by atoms with E-state index in [4.69, 9.17) is 5.73 Å². The summed E-state index contributed by atoms with van der Waals surface area (Å²) in [5, 5.41) is 4.61. The van der Waals surface area contributed by atoms with Crippen LogP contribution in [0.15, 0.2) is 18.5 Å². The number of nitrogens with zero attached hydrogens (tertiary/aromatic N) is 4. The van der Waals surface area contributed by atoms with Crippen LogP contribution in [0.5, 0.6) is 0 Å². The monoisotopic (exact) mass is 259 g/mol. The summed E-state index contributed by atoms with van der Waals surface area (Å²) < 4.78 is 1.94. The van der Waals surface area contributed by atoms with Gasteiger partial charge >= 0.3 is 0 Å². The standard InChI is InChI=1S/C14H21N5/c1-10(2)12-9-13-14(16-5-8-19(13)17-12)18-6-3-11(15)4-7-18/h5,8-11H,3-4,6-7,15H2,1-2H3. The van der Waals surface area contributed by atoms with E-state index in [2.05, 4.69) is 34.9 Å². The van der Waals surface area contributed by atoms with Gasteiger partial charge < -0.3 is 10.6 Å². The zero-order valence-corrected chi connectivity index (χ0v) is 11.6. The lowest BCUT2D eigenvalue weighted by molar-refractivity contribution is 0.499. The number of fused-ring (bicyclic) bond motifs is 1. The molecular weight excluding hydrogens is 238 g/mol. The van der Waals surface area contributed by atoms with Gasteiger partial charge in [0.05, 0.1) is 5.69 Å². The topological polar surface area (TPSA) is 59.5 Å². The molecule has 1 aliphatic heterocycles. The first-order chi connectivity index (χ1) is 9.15. The predicted molar refractivity (Wildman–Crippen MR) is 76.5 cm³/mol. The Labute approximate surface area is 113 Å². The highest BCUT2D eigenvalue weighted by molar-refractivity contribution is 5.69. The van der Waals surface area contributed by atoms with Crippen molar-refractivity contribution in [3.63, 3.8) is 0 Å². The van der Waals surface area contributed by atoms with E-state index in [1.165, 1.54) is 0 Å². The molecule has 0 bridgehead atoms. The number of hydrogen-bond donors (Lipinski definition) is 1. The SMILES string of the molecule is CC(C)c1cc2c(N3CCC(N)CC3)nccn2n1. The highest BCUT2D eigenvalue weighted by Crippen LogP contribution is 2.24. The molecule has 102 valence electrons. The Hall–Kier alpha value is -1.62. The normalized spacial score (nSPS) is 17.6. The molecule has 0 spiro atoms. The maximum atomic E-state index is 5.97. The van der Waals surface area contributed by atoms with Gasteiger partial charge in [-0.1, -0.05) is 13.8 Å². The number of piperidine rings is 1. The highest BCUT2D eigenvalue weighted by atomic mass is 15.3. The van der Waals surface area contributed by atoms with E-state index in [0.29, 0.717) is 12.0 Å². The second-order valence-corrected chi connectivity index (χ2v) is 5.63. The van der Waals surface area contributed by atoms with Crippen molar-refractivity contribution in [1.82, 2.24) is 14.6 Å². The first-order valence-electron chi connectivity index (χ1n) is 7.00. The van der Waals surface area contributed by atoms with Crippen LogP contribution in [0.2, 0.25) is 0 Å². The lowest BCUT2D eigenvalue weighted by Crippen LogP contribution is -2.40. The molecule has 2 aromatic heterocycles. The molecule has 0 radical (unpaired) electrons. The summed E-state index contributed by atoms with van der Waals surface area (Å²) in [6, 6.07) is 2.49. The number of anilines is 1. The van der Waals surface area contributed by atoms with Gasteiger partial charge in [0.15, 0.2) is 5.82 Å². The van der Waals surface area contributed by atoms with Crippen LogP contribution in [0, 0.1) is 0 Å². The zero-order chi connectivity index (χ0) is 13.4. The van der Waals surface area contributed by atoms with Gasteiger partial charge in [0.1, 0.15) is 5.52 Å². The first-order valence-corrected chi connectivity index (χ1v) is 7.00. The summed E-state index contributed by atoms with van der Waals surface area (Å²) in [6.45, 7) is 6.29. The molecule has 1 aliphatic rings. The fourth-order valence-electron chi connectivity index (χ4n) is 2.56. The van der Waals surface area contributed by atoms with Gasteiger partial charge in [0.2, 0.25) is 0 Å². The van der Waals surface area contributed by atoms with Crippen molar-refractivity contribution in [3.05, 3.63) is 24.2 Å². The molecule has 3 heterocycles. The predicted octanol–water partition coefficient (Wildman–Crippen LogP) is 1.78. The van der Waals surface area contributed by atoms with Gasteiger partial charge in [-0.25, -0.2) is 9.50 Å². The molecule has 2 N–H and O–H groups in total. The fraction of sp³-hybridized carbons (Fsp3) is 0.571. The quantitative estimate of drug-likeness (QED) is 0.893. The van der Waals surface area contributed by atoms with Crippen LogP contribution in [-0.4, -0.2) is 33.7 Å². The average Bonchev–Trinajstić information content (AvgIpc) is 2.83. The van der Waals surface area contributed by atoms with Crippen molar-refractivity contribution < 1.29 is 0 Å². The molecule has 0 amide bonds. The lowest BCUT2D eigenvalue weighted by Gasteiger charge is -2.31. The number of aromatic nitrogens is 3. The minimum absolute atomic E-state index is 0.340. The van der Waals surface area contributed by atoms with Crippen LogP contribution >= 0.6 is 0 Å². The molecule has 19 heavy (non-hydrogen) atoms. The lowest BCUT2D eigenvalue weighted by atomic mass is 10.1. The van der Waals surface area contributed by atoms with Crippen molar-refractivity contribution in [2.24, 2.45) is 5.73 Å². The highest BCUT2D eigenvalue weighted by Gasteiger charge is 2.20. The maximum absolute atomic E-state index is 5.97. The van der Waals surface area contributed by atoms with Gasteiger partial charge in [-0.15, -0.1) is 0 Å². The summed E-state index contributed by atoms with van der Waals surface area (Å²) in [5.74, 6) is 1.47. The summed E-state index contributed by atoms with van der Waals surface area (Å²) in [7, 11) is 0. The van der Waals surface area contributed by atoms with Crippen LogP contribution in [-0.2, 0) is 0 Å². The third-order valence-electron chi connectivity index (χ3n) is 3.82. The molecule has 0 unspecified atom stereocenters. The Balaban J connectivity index is 1.98. The fourth-order valence-corrected chi connectivity index (χ4v) is 2.56. The van der Waals surface area contributed by atoms with E-state index in [0.717, 1.165) is 43.0 Å². The number of hydrogen-bond acceptors (Lipinski definition) is 4. The van der Waals surface area contributed by atoms with E-state index < -0.39 is 0 Å². The van der Waals surface area contributed by atoms with E-state index >= 15 is 0 Å². The second-order valence-electron chi connectivity index (χ2n) is 5.63. The molecule has 0 aromatic carbocycles. The van der Waals surface area contributed by atoms with Crippen molar-refractivity contribution in [3.8, 4) is 0 Å². The molecule has 5 heteroatoms. The number of rotatable bonds is 2. The Morgan fingerprint density at radius 1 is 1.32 bits per heavy atom. The molecular formula is C14H21N5. The first kappa shape index (κ1) is 12.4. The van der Waals surface area contributed by atoms with Gasteiger partial charge in [-0.2, -0.15) is 5.10 Å². The van der Waals surface area contributed by atoms with Crippen molar-refractivity contribution in [2.75, 3.05) is 18.0 Å². The molecule has 1 fully saturated rings. The summed E-state index contributed by atoms with van der Waals surface area (Å²) >= 11 is 0. The van der Waals surface area contributed by atoms with E-state index in [-0.39, 0.29) is 0 Å². The van der Waals surface area contributed by atoms with Crippen LogP contribution in [0.25, 0.3) is 5.52 Å². The van der Waals surface area contributed by atoms with E-state index in [9.17, 15) is 0 Å². The zero-order valence-electron chi connectivity index (χ0n) is 11.6. The Bertz CT molecular complexity index is 566. The van der Waals surface area contributed by atoms with Crippen molar-refractivity contribution in [1.29, 1.82) is 0 Å². The van der Waals surface area contributed by atoms with Crippen molar-refractivity contribution in [2.45, 2.75) is 38.6 Å². The van der Waals surface area contributed by atoms with Gasteiger partial charge in [0, 0.05) is 31.5 Å².